The molecule has 0 aliphatic rings. The van der Waals surface area contributed by atoms with Crippen molar-refractivity contribution in [2.75, 3.05) is 47.5 Å². The molecule has 0 rings (SSSR count). The molecule has 12 heteroatoms. The number of hydrogen-bond donors (Lipinski definition) is 2. The highest BCUT2D eigenvalue weighted by molar-refractivity contribution is 7.47. The maximum Gasteiger partial charge on any atom is 0.472 e. The van der Waals surface area contributed by atoms with Gasteiger partial charge < -0.3 is 24.0 Å². The third-order valence-electron chi connectivity index (χ3n) is 9.20. The van der Waals surface area contributed by atoms with Crippen LogP contribution < -0.4 is 0 Å². The molecule has 0 spiro atoms. The minimum atomic E-state index is -4.40. The SMILES string of the molecule is CCCCC/C=C/C=C(\Cl)C(O)CCCCCCCC(=O)O[C@H](COC(=O)CCCCCCCCCCCCCCC)COP(=O)(O)OCC[N+](C)(C)C. The van der Waals surface area contributed by atoms with E-state index in [4.69, 9.17) is 30.1 Å². The van der Waals surface area contributed by atoms with E-state index >= 15 is 0 Å². The predicted molar refractivity (Wildman–Crippen MR) is 221 cm³/mol. The number of nitrogens with zero attached hydrogens (tertiary/aromatic N) is 1. The highest BCUT2D eigenvalue weighted by atomic mass is 35.5. The van der Waals surface area contributed by atoms with Gasteiger partial charge in [-0.05, 0) is 38.2 Å². The molecule has 54 heavy (non-hydrogen) atoms. The largest absolute Gasteiger partial charge is 0.472 e. The Labute approximate surface area is 335 Å². The lowest BCUT2D eigenvalue weighted by molar-refractivity contribution is -0.870. The minimum absolute atomic E-state index is 0.00901. The number of hydrogen-bond acceptors (Lipinski definition) is 8. The van der Waals surface area contributed by atoms with Crippen molar-refractivity contribution in [3.05, 3.63) is 23.3 Å². The number of halogens is 1. The molecule has 0 radical (unpaired) electrons. The number of esters is 2. The Morgan fingerprint density at radius 1 is 0.704 bits per heavy atom. The van der Waals surface area contributed by atoms with Crippen LogP contribution in [-0.2, 0) is 32.7 Å². The Hall–Kier alpha value is -1.26. The fraction of sp³-hybridized carbons (Fsp3) is 0.857. The first-order valence-electron chi connectivity index (χ1n) is 21.3. The molecule has 0 aliphatic carbocycles. The average Bonchev–Trinajstić information content (AvgIpc) is 3.11. The number of carbonyl (C=O) groups excluding carboxylic acids is 2. The number of phosphoric acid groups is 1. The van der Waals surface area contributed by atoms with Crippen molar-refractivity contribution in [2.45, 2.75) is 187 Å². The van der Waals surface area contributed by atoms with Gasteiger partial charge >= 0.3 is 19.8 Å². The number of quaternary nitrogens is 1. The molecule has 0 saturated carbocycles. The van der Waals surface area contributed by atoms with Crippen molar-refractivity contribution in [1.29, 1.82) is 0 Å². The van der Waals surface area contributed by atoms with E-state index in [1.54, 1.807) is 6.08 Å². The normalized spacial score (nSPS) is 14.6. The molecule has 0 bridgehead atoms. The molecule has 318 valence electrons. The molecule has 0 aromatic heterocycles. The van der Waals surface area contributed by atoms with Gasteiger partial charge in [0.05, 0.1) is 33.9 Å². The van der Waals surface area contributed by atoms with Gasteiger partial charge in [0.1, 0.15) is 19.8 Å². The maximum absolute atomic E-state index is 12.7. The van der Waals surface area contributed by atoms with Gasteiger partial charge in [0.25, 0.3) is 0 Å². The monoisotopic (exact) mass is 809 g/mol. The topological polar surface area (TPSA) is 129 Å². The van der Waals surface area contributed by atoms with E-state index < -0.39 is 38.6 Å². The minimum Gasteiger partial charge on any atom is -0.462 e. The first-order valence-corrected chi connectivity index (χ1v) is 23.1. The van der Waals surface area contributed by atoms with Gasteiger partial charge in [-0.2, -0.15) is 0 Å². The van der Waals surface area contributed by atoms with Gasteiger partial charge in [-0.3, -0.25) is 18.6 Å². The van der Waals surface area contributed by atoms with Crippen molar-refractivity contribution < 1.29 is 47.2 Å². The molecular formula is C42H80ClNO9P+. The first kappa shape index (κ1) is 52.7. The second kappa shape index (κ2) is 34.9. The van der Waals surface area contributed by atoms with Crippen LogP contribution in [0.5, 0.6) is 0 Å². The predicted octanol–water partition coefficient (Wildman–Crippen LogP) is 11.1. The number of unbranched alkanes of at least 4 members (excludes halogenated alkanes) is 19. The van der Waals surface area contributed by atoms with Crippen LogP contribution in [0.15, 0.2) is 23.3 Å². The fourth-order valence-corrected chi connectivity index (χ4v) is 6.63. The Bertz CT molecular complexity index is 1030. The molecule has 0 heterocycles. The summed E-state index contributed by atoms with van der Waals surface area (Å²) in [6.07, 6.45) is 29.4. The van der Waals surface area contributed by atoms with E-state index in [1.165, 1.54) is 77.0 Å². The molecule has 10 nitrogen and oxygen atoms in total. The molecule has 0 fully saturated rings. The summed E-state index contributed by atoms with van der Waals surface area (Å²) in [7, 11) is 1.40. The summed E-state index contributed by atoms with van der Waals surface area (Å²) in [5.74, 6) is -0.892. The molecule has 0 aliphatic heterocycles. The molecule has 2 N–H and O–H groups in total. The average molecular weight is 810 g/mol. The van der Waals surface area contributed by atoms with E-state index in [-0.39, 0.29) is 26.1 Å². The van der Waals surface area contributed by atoms with E-state index in [0.29, 0.717) is 28.9 Å². The van der Waals surface area contributed by atoms with Gasteiger partial charge in [-0.15, -0.1) is 0 Å². The van der Waals surface area contributed by atoms with Gasteiger partial charge in [-0.25, -0.2) is 4.57 Å². The highest BCUT2D eigenvalue weighted by Crippen LogP contribution is 2.43. The molecule has 0 saturated heterocycles. The standard InChI is InChI=1S/C42H79ClNO9P/c1-6-8-10-12-14-15-16-17-18-19-20-24-28-32-41(46)50-36-38(37-52-54(48,49)51-35-34-44(3,4)5)53-42(47)33-29-25-21-23-27-31-40(45)39(43)30-26-22-13-11-9-7-2/h22,26,30,38,40,45H,6-21,23-25,27-29,31-37H2,1-5H3/p+1/b26-22+,39-30-/t38-,40?/m1/s1. The van der Waals surface area contributed by atoms with E-state index in [2.05, 4.69) is 19.9 Å². The van der Waals surface area contributed by atoms with Crippen LogP contribution in [0.2, 0.25) is 0 Å². The number of allylic oxidation sites excluding steroid dienone is 3. The summed E-state index contributed by atoms with van der Waals surface area (Å²) in [5, 5.41) is 10.8. The van der Waals surface area contributed by atoms with E-state index in [1.807, 2.05) is 27.2 Å². The molecule has 2 unspecified atom stereocenters. The molecule has 0 aromatic carbocycles. The number of carbonyl (C=O) groups is 2. The third kappa shape index (κ3) is 36.4. The summed E-state index contributed by atoms with van der Waals surface area (Å²) in [5.41, 5.74) is 0. The number of likely N-dealkylation sites (N-methyl/N-ethyl adjacent to an activating group) is 1. The van der Waals surface area contributed by atoms with Crippen molar-refractivity contribution in [1.82, 2.24) is 0 Å². The summed E-state index contributed by atoms with van der Waals surface area (Å²) in [6, 6.07) is 0. The van der Waals surface area contributed by atoms with Crippen LogP contribution in [0.4, 0.5) is 0 Å². The second-order valence-electron chi connectivity index (χ2n) is 15.7. The number of rotatable bonds is 38. The van der Waals surface area contributed by atoms with E-state index in [9.17, 15) is 24.2 Å². The summed E-state index contributed by atoms with van der Waals surface area (Å²) in [6.45, 7) is 4.21. The quantitative estimate of drug-likeness (QED) is 0.0206. The van der Waals surface area contributed by atoms with Crippen LogP contribution in [0.25, 0.3) is 0 Å². The highest BCUT2D eigenvalue weighted by Gasteiger charge is 2.27. The van der Waals surface area contributed by atoms with Gasteiger partial charge in [0.2, 0.25) is 0 Å². The Kier molecular flexibility index (Phi) is 34.1. The maximum atomic E-state index is 12.7. The lowest BCUT2D eigenvalue weighted by Crippen LogP contribution is -2.37. The number of aliphatic hydroxyl groups excluding tert-OH is 1. The van der Waals surface area contributed by atoms with Crippen molar-refractivity contribution in [3.63, 3.8) is 0 Å². The van der Waals surface area contributed by atoms with Crippen LogP contribution in [0, 0.1) is 0 Å². The van der Waals surface area contributed by atoms with Crippen LogP contribution in [0.3, 0.4) is 0 Å². The lowest BCUT2D eigenvalue weighted by atomic mass is 10.0. The summed E-state index contributed by atoms with van der Waals surface area (Å²) < 4.78 is 34.2. The molecule has 0 aromatic rings. The van der Waals surface area contributed by atoms with Crippen molar-refractivity contribution >= 4 is 31.4 Å². The van der Waals surface area contributed by atoms with Crippen molar-refractivity contribution in [2.24, 2.45) is 0 Å². The van der Waals surface area contributed by atoms with Gasteiger partial charge in [-0.1, -0.05) is 153 Å². The van der Waals surface area contributed by atoms with Gasteiger partial charge in [0.15, 0.2) is 6.10 Å². The fourth-order valence-electron chi connectivity index (χ4n) is 5.71. The third-order valence-corrected chi connectivity index (χ3v) is 10.6. The summed E-state index contributed by atoms with van der Waals surface area (Å²) >= 11 is 6.24. The van der Waals surface area contributed by atoms with Crippen molar-refractivity contribution in [3.8, 4) is 0 Å². The first-order chi connectivity index (χ1) is 25.8. The Morgan fingerprint density at radius 3 is 1.76 bits per heavy atom. The smallest absolute Gasteiger partial charge is 0.462 e. The zero-order valence-corrected chi connectivity index (χ0v) is 36.6. The zero-order valence-electron chi connectivity index (χ0n) is 34.9. The Balaban J connectivity index is 4.53. The van der Waals surface area contributed by atoms with E-state index in [0.717, 1.165) is 57.8 Å². The molecule has 0 amide bonds. The molecular weight excluding hydrogens is 729 g/mol. The number of phosphoric ester groups is 1. The van der Waals surface area contributed by atoms with Crippen LogP contribution in [0.1, 0.15) is 174 Å². The number of aliphatic hydroxyl groups is 1. The zero-order chi connectivity index (χ0) is 40.3. The summed E-state index contributed by atoms with van der Waals surface area (Å²) in [4.78, 5) is 35.3. The lowest BCUT2D eigenvalue weighted by Gasteiger charge is -2.24. The second-order valence-corrected chi connectivity index (χ2v) is 17.6. The molecule has 3 atom stereocenters. The van der Waals surface area contributed by atoms with Crippen LogP contribution in [-0.4, -0.2) is 86.1 Å². The van der Waals surface area contributed by atoms with Crippen LogP contribution >= 0.6 is 19.4 Å². The Morgan fingerprint density at radius 2 is 1.20 bits per heavy atom. The van der Waals surface area contributed by atoms with Gasteiger partial charge in [0, 0.05) is 17.9 Å². The number of ether oxygens (including phenoxy) is 2.